The van der Waals surface area contributed by atoms with E-state index in [1.54, 1.807) is 16.2 Å². The Morgan fingerprint density at radius 1 is 1.10 bits per heavy atom. The van der Waals surface area contributed by atoms with E-state index in [1.807, 2.05) is 17.5 Å². The summed E-state index contributed by atoms with van der Waals surface area (Å²) < 4.78 is 68.1. The normalized spacial score (nSPS) is 16.0. The van der Waals surface area contributed by atoms with Gasteiger partial charge in [-0.25, -0.2) is 8.42 Å². The minimum absolute atomic E-state index is 0.0610. The van der Waals surface area contributed by atoms with E-state index in [0.29, 0.717) is 0 Å². The molecule has 1 amide bonds. The number of carbonyl (C=O) groups excluding carboxylic acids is 1. The molecule has 12 heteroatoms. The zero-order valence-electron chi connectivity index (χ0n) is 15.0. The first-order valence-electron chi connectivity index (χ1n) is 8.45. The number of thioether (sulfide) groups is 1. The number of hydrogen-bond donors (Lipinski definition) is 0. The Labute approximate surface area is 174 Å². The van der Waals surface area contributed by atoms with Gasteiger partial charge in [-0.1, -0.05) is 6.07 Å². The van der Waals surface area contributed by atoms with Crippen LogP contribution in [0, 0.1) is 0 Å². The number of halogens is 3. The van der Waals surface area contributed by atoms with Crippen LogP contribution in [-0.4, -0.2) is 61.8 Å². The van der Waals surface area contributed by atoms with Crippen molar-refractivity contribution in [2.45, 2.75) is 15.5 Å². The molecule has 1 saturated heterocycles. The Bertz CT molecular complexity index is 924. The SMILES string of the molecule is O=C(CSc1cccs1)N1CCN(S(=O)(=O)c2ccc(OC(F)(F)F)cc2)CC1. The number of thiophene rings is 1. The molecule has 0 unspecified atom stereocenters. The smallest absolute Gasteiger partial charge is 0.406 e. The molecule has 1 aromatic heterocycles. The number of hydrogen-bond acceptors (Lipinski definition) is 6. The summed E-state index contributed by atoms with van der Waals surface area (Å²) >= 11 is 2.99. The first-order chi connectivity index (χ1) is 13.6. The zero-order chi connectivity index (χ0) is 21.1. The molecule has 0 bridgehead atoms. The molecule has 1 fully saturated rings. The molecular weight excluding hydrogens is 449 g/mol. The fraction of sp³-hybridized carbons (Fsp3) is 0.353. The quantitative estimate of drug-likeness (QED) is 0.612. The van der Waals surface area contributed by atoms with Gasteiger partial charge in [0.1, 0.15) is 5.75 Å². The van der Waals surface area contributed by atoms with Gasteiger partial charge in [0.05, 0.1) is 14.9 Å². The van der Waals surface area contributed by atoms with Crippen LogP contribution >= 0.6 is 23.1 Å². The van der Waals surface area contributed by atoms with Crippen LogP contribution in [0.4, 0.5) is 13.2 Å². The van der Waals surface area contributed by atoms with E-state index in [0.717, 1.165) is 28.5 Å². The van der Waals surface area contributed by atoms with E-state index in [1.165, 1.54) is 16.1 Å². The minimum atomic E-state index is -4.84. The Morgan fingerprint density at radius 2 is 1.76 bits per heavy atom. The van der Waals surface area contributed by atoms with Crippen LogP contribution in [0.1, 0.15) is 0 Å². The van der Waals surface area contributed by atoms with E-state index >= 15 is 0 Å². The summed E-state index contributed by atoms with van der Waals surface area (Å²) in [5.74, 6) is -0.266. The van der Waals surface area contributed by atoms with Gasteiger partial charge in [-0.3, -0.25) is 4.79 Å². The molecular formula is C17H17F3N2O4S3. The van der Waals surface area contributed by atoms with Crippen molar-refractivity contribution >= 4 is 39.0 Å². The predicted molar refractivity (Wildman–Crippen MR) is 104 cm³/mol. The number of piperazine rings is 1. The standard InChI is InChI=1S/C17H17F3N2O4S3/c18-17(19,20)26-13-3-5-14(6-4-13)29(24,25)22-9-7-21(8-10-22)15(23)12-28-16-2-1-11-27-16/h1-6,11H,7-10,12H2. The molecule has 2 heterocycles. The van der Waals surface area contributed by atoms with Gasteiger partial charge in [-0.2, -0.15) is 4.31 Å². The first kappa shape index (κ1) is 21.9. The maximum Gasteiger partial charge on any atom is 0.573 e. The number of benzene rings is 1. The Balaban J connectivity index is 1.55. The number of amides is 1. The van der Waals surface area contributed by atoms with Crippen LogP contribution in [0.15, 0.2) is 50.9 Å². The lowest BCUT2D eigenvalue weighted by Crippen LogP contribution is -2.50. The summed E-state index contributed by atoms with van der Waals surface area (Å²) in [5.41, 5.74) is 0. The molecule has 1 aromatic carbocycles. The van der Waals surface area contributed by atoms with E-state index in [9.17, 15) is 26.4 Å². The Hall–Kier alpha value is -1.76. The number of rotatable bonds is 6. The highest BCUT2D eigenvalue weighted by atomic mass is 32.2. The van der Waals surface area contributed by atoms with Gasteiger partial charge >= 0.3 is 6.36 Å². The van der Waals surface area contributed by atoms with Crippen molar-refractivity contribution in [3.63, 3.8) is 0 Å². The van der Waals surface area contributed by atoms with Crippen LogP contribution in [0.5, 0.6) is 5.75 Å². The number of nitrogens with zero attached hydrogens (tertiary/aromatic N) is 2. The van der Waals surface area contributed by atoms with E-state index in [-0.39, 0.29) is 42.7 Å². The largest absolute Gasteiger partial charge is 0.573 e. The number of alkyl halides is 3. The molecule has 0 atom stereocenters. The van der Waals surface area contributed by atoms with Gasteiger partial charge in [0.2, 0.25) is 15.9 Å². The fourth-order valence-corrected chi connectivity index (χ4v) is 5.82. The summed E-state index contributed by atoms with van der Waals surface area (Å²) in [6, 6.07) is 7.90. The number of ether oxygens (including phenoxy) is 1. The first-order valence-corrected chi connectivity index (χ1v) is 11.8. The molecule has 0 saturated carbocycles. The van der Waals surface area contributed by atoms with Gasteiger partial charge in [0, 0.05) is 26.2 Å². The van der Waals surface area contributed by atoms with Crippen LogP contribution < -0.4 is 4.74 Å². The summed E-state index contributed by atoms with van der Waals surface area (Å²) in [7, 11) is -3.86. The Morgan fingerprint density at radius 3 is 2.31 bits per heavy atom. The van der Waals surface area contributed by atoms with Gasteiger partial charge in [-0.05, 0) is 35.7 Å². The van der Waals surface area contributed by atoms with Crippen molar-refractivity contribution in [2.75, 3.05) is 31.9 Å². The lowest BCUT2D eigenvalue weighted by molar-refractivity contribution is -0.274. The summed E-state index contributed by atoms with van der Waals surface area (Å²) in [6.45, 7) is 0.772. The molecule has 3 rings (SSSR count). The third-order valence-corrected chi connectivity index (χ3v) is 8.15. The second kappa shape index (κ2) is 8.94. The Kier molecular flexibility index (Phi) is 6.76. The van der Waals surface area contributed by atoms with Crippen LogP contribution in [0.3, 0.4) is 0 Å². The van der Waals surface area contributed by atoms with Crippen molar-refractivity contribution in [1.29, 1.82) is 0 Å². The van der Waals surface area contributed by atoms with Crippen molar-refractivity contribution in [2.24, 2.45) is 0 Å². The van der Waals surface area contributed by atoms with E-state index in [2.05, 4.69) is 4.74 Å². The number of carbonyl (C=O) groups is 1. The van der Waals surface area contributed by atoms with Crippen molar-refractivity contribution < 1.29 is 31.1 Å². The molecule has 29 heavy (non-hydrogen) atoms. The molecule has 0 aliphatic carbocycles. The van der Waals surface area contributed by atoms with Crippen molar-refractivity contribution in [3.05, 3.63) is 41.8 Å². The average molecular weight is 467 g/mol. The van der Waals surface area contributed by atoms with E-state index < -0.39 is 22.1 Å². The lowest BCUT2D eigenvalue weighted by Gasteiger charge is -2.34. The summed E-state index contributed by atoms with van der Waals surface area (Å²) in [6.07, 6.45) is -4.84. The highest BCUT2D eigenvalue weighted by Crippen LogP contribution is 2.26. The van der Waals surface area contributed by atoms with Crippen molar-refractivity contribution in [1.82, 2.24) is 9.21 Å². The fourth-order valence-electron chi connectivity index (χ4n) is 2.71. The predicted octanol–water partition coefficient (Wildman–Crippen LogP) is 3.27. The lowest BCUT2D eigenvalue weighted by atomic mass is 10.3. The summed E-state index contributed by atoms with van der Waals surface area (Å²) in [5, 5.41) is 1.93. The van der Waals surface area contributed by atoms with Gasteiger partial charge in [0.15, 0.2) is 0 Å². The number of sulfonamides is 1. The highest BCUT2D eigenvalue weighted by Gasteiger charge is 2.32. The average Bonchev–Trinajstić information content (AvgIpc) is 3.19. The zero-order valence-corrected chi connectivity index (χ0v) is 17.4. The second-order valence-corrected chi connectivity index (χ2v) is 10.2. The molecule has 0 radical (unpaired) electrons. The maximum atomic E-state index is 12.7. The van der Waals surface area contributed by atoms with Crippen LogP contribution in [0.2, 0.25) is 0 Å². The maximum absolute atomic E-state index is 12.7. The summed E-state index contributed by atoms with van der Waals surface area (Å²) in [4.78, 5) is 13.8. The van der Waals surface area contributed by atoms with Crippen molar-refractivity contribution in [3.8, 4) is 5.75 Å². The molecule has 2 aromatic rings. The third kappa shape index (κ3) is 5.87. The molecule has 0 spiro atoms. The van der Waals surface area contributed by atoms with Gasteiger partial charge < -0.3 is 9.64 Å². The van der Waals surface area contributed by atoms with Gasteiger partial charge in [-0.15, -0.1) is 36.3 Å². The van der Waals surface area contributed by atoms with E-state index in [4.69, 9.17) is 0 Å². The van der Waals surface area contributed by atoms with Crippen LogP contribution in [0.25, 0.3) is 0 Å². The molecule has 6 nitrogen and oxygen atoms in total. The second-order valence-electron chi connectivity index (χ2n) is 6.02. The minimum Gasteiger partial charge on any atom is -0.406 e. The highest BCUT2D eigenvalue weighted by molar-refractivity contribution is 8.01. The topological polar surface area (TPSA) is 66.9 Å². The van der Waals surface area contributed by atoms with Gasteiger partial charge in [0.25, 0.3) is 0 Å². The van der Waals surface area contributed by atoms with Crippen LogP contribution in [-0.2, 0) is 14.8 Å². The monoisotopic (exact) mass is 466 g/mol. The molecule has 1 aliphatic heterocycles. The molecule has 1 aliphatic rings. The molecule has 0 N–H and O–H groups in total. The third-order valence-electron chi connectivity index (χ3n) is 4.12. The molecule has 158 valence electrons.